The number of rotatable bonds is 3. The first-order chi connectivity index (χ1) is 6.52. The summed E-state index contributed by atoms with van der Waals surface area (Å²) < 4.78 is 0. The molecule has 1 rings (SSSR count). The van der Waals surface area contributed by atoms with E-state index in [4.69, 9.17) is 11.6 Å². The average molecular weight is 212 g/mol. The molecule has 0 atom stereocenters. The van der Waals surface area contributed by atoms with Crippen LogP contribution in [0.25, 0.3) is 0 Å². The third-order valence-electron chi connectivity index (χ3n) is 2.00. The number of hydrogen-bond donors (Lipinski definition) is 0. The van der Waals surface area contributed by atoms with Crippen LogP contribution in [0.2, 0.25) is 5.02 Å². The molecule has 3 heteroatoms. The van der Waals surface area contributed by atoms with Gasteiger partial charge >= 0.3 is 0 Å². The molecule has 1 aromatic rings. The fraction of sp³-hybridized carbons (Fsp3) is 0.364. The van der Waals surface area contributed by atoms with Gasteiger partial charge in [0, 0.05) is 36.8 Å². The van der Waals surface area contributed by atoms with Crippen molar-refractivity contribution >= 4 is 23.1 Å². The van der Waals surface area contributed by atoms with E-state index < -0.39 is 0 Å². The first-order valence-electron chi connectivity index (χ1n) is 4.46. The van der Waals surface area contributed by atoms with Crippen LogP contribution in [0.15, 0.2) is 18.2 Å². The van der Waals surface area contributed by atoms with E-state index in [9.17, 15) is 4.79 Å². The molecule has 0 unspecified atom stereocenters. The second kappa shape index (κ2) is 4.47. The van der Waals surface area contributed by atoms with Crippen molar-refractivity contribution in [2.24, 2.45) is 0 Å². The molecule has 76 valence electrons. The average Bonchev–Trinajstić information content (AvgIpc) is 2.07. The van der Waals surface area contributed by atoms with Crippen molar-refractivity contribution in [2.45, 2.75) is 13.3 Å². The Balaban J connectivity index is 3.15. The lowest BCUT2D eigenvalue weighted by molar-refractivity contribution is -0.116. The van der Waals surface area contributed by atoms with E-state index in [-0.39, 0.29) is 5.78 Å². The first-order valence-corrected chi connectivity index (χ1v) is 4.84. The summed E-state index contributed by atoms with van der Waals surface area (Å²) in [4.78, 5) is 13.0. The zero-order valence-corrected chi connectivity index (χ0v) is 9.43. The second-order valence-corrected chi connectivity index (χ2v) is 3.92. The molecule has 0 bridgehead atoms. The summed E-state index contributed by atoms with van der Waals surface area (Å²) in [6, 6.07) is 5.66. The second-order valence-electron chi connectivity index (χ2n) is 3.51. The summed E-state index contributed by atoms with van der Waals surface area (Å²) in [5, 5.41) is 0.659. The maximum atomic E-state index is 11.1. The van der Waals surface area contributed by atoms with Crippen LogP contribution in [-0.2, 0) is 11.2 Å². The lowest BCUT2D eigenvalue weighted by atomic mass is 10.1. The van der Waals surface area contributed by atoms with E-state index in [0.29, 0.717) is 11.4 Å². The summed E-state index contributed by atoms with van der Waals surface area (Å²) in [5.41, 5.74) is 1.92. The molecule has 0 heterocycles. The Morgan fingerprint density at radius 2 is 2.07 bits per heavy atom. The zero-order chi connectivity index (χ0) is 10.7. The highest BCUT2D eigenvalue weighted by Gasteiger charge is 2.10. The van der Waals surface area contributed by atoms with Gasteiger partial charge in [-0.05, 0) is 19.1 Å². The molecule has 0 fully saturated rings. The molecule has 0 aliphatic rings. The number of halogens is 1. The first kappa shape index (κ1) is 11.1. The summed E-state index contributed by atoms with van der Waals surface area (Å²) in [7, 11) is 3.88. The fourth-order valence-electron chi connectivity index (χ4n) is 1.39. The molecule has 14 heavy (non-hydrogen) atoms. The number of nitrogens with zero attached hydrogens (tertiary/aromatic N) is 1. The third kappa shape index (κ3) is 2.48. The molecular weight excluding hydrogens is 198 g/mol. The number of benzene rings is 1. The van der Waals surface area contributed by atoms with Gasteiger partial charge in [-0.2, -0.15) is 0 Å². The Morgan fingerprint density at radius 3 is 2.57 bits per heavy atom. The fourth-order valence-corrected chi connectivity index (χ4v) is 1.63. The van der Waals surface area contributed by atoms with Gasteiger partial charge in [-0.25, -0.2) is 0 Å². The summed E-state index contributed by atoms with van der Waals surface area (Å²) in [6.07, 6.45) is 0.396. The van der Waals surface area contributed by atoms with Crippen LogP contribution in [0, 0.1) is 0 Å². The van der Waals surface area contributed by atoms with Crippen LogP contribution in [-0.4, -0.2) is 19.9 Å². The van der Waals surface area contributed by atoms with Gasteiger partial charge in [-0.15, -0.1) is 0 Å². The predicted octanol–water partition coefficient (Wildman–Crippen LogP) is 2.54. The van der Waals surface area contributed by atoms with Crippen molar-refractivity contribution in [3.63, 3.8) is 0 Å². The van der Waals surface area contributed by atoms with Crippen LogP contribution >= 0.6 is 11.6 Å². The van der Waals surface area contributed by atoms with Crippen molar-refractivity contribution < 1.29 is 4.79 Å². The van der Waals surface area contributed by atoms with Crippen molar-refractivity contribution in [3.8, 4) is 0 Å². The van der Waals surface area contributed by atoms with Crippen LogP contribution in [0.1, 0.15) is 12.5 Å². The van der Waals surface area contributed by atoms with Gasteiger partial charge in [0.25, 0.3) is 0 Å². The number of ketones is 1. The maximum absolute atomic E-state index is 11.1. The van der Waals surface area contributed by atoms with Crippen LogP contribution < -0.4 is 4.90 Å². The molecule has 0 aliphatic heterocycles. The Kier molecular flexibility index (Phi) is 3.53. The van der Waals surface area contributed by atoms with Crippen molar-refractivity contribution in [1.29, 1.82) is 0 Å². The Labute approximate surface area is 89.5 Å². The van der Waals surface area contributed by atoms with Crippen LogP contribution in [0.4, 0.5) is 5.69 Å². The number of anilines is 1. The highest BCUT2D eigenvalue weighted by atomic mass is 35.5. The van der Waals surface area contributed by atoms with Gasteiger partial charge in [0.2, 0.25) is 0 Å². The molecule has 0 amide bonds. The van der Waals surface area contributed by atoms with E-state index in [1.165, 1.54) is 0 Å². The van der Waals surface area contributed by atoms with E-state index in [0.717, 1.165) is 11.3 Å². The van der Waals surface area contributed by atoms with Gasteiger partial charge in [0.05, 0.1) is 0 Å². The lowest BCUT2D eigenvalue weighted by Crippen LogP contribution is -2.12. The molecule has 0 aromatic heterocycles. The summed E-state index contributed by atoms with van der Waals surface area (Å²) in [6.45, 7) is 1.57. The highest BCUT2D eigenvalue weighted by Crippen LogP contribution is 2.26. The molecule has 0 saturated heterocycles. The topological polar surface area (TPSA) is 20.3 Å². The number of carbonyl (C=O) groups is 1. The SMILES string of the molecule is CC(=O)Cc1c(Cl)cccc1N(C)C. The van der Waals surface area contributed by atoms with Crippen molar-refractivity contribution in [2.75, 3.05) is 19.0 Å². The Bertz CT molecular complexity index is 347. The molecule has 0 spiro atoms. The minimum Gasteiger partial charge on any atom is -0.377 e. The smallest absolute Gasteiger partial charge is 0.134 e. The van der Waals surface area contributed by atoms with Crippen molar-refractivity contribution in [3.05, 3.63) is 28.8 Å². The van der Waals surface area contributed by atoms with Crippen molar-refractivity contribution in [1.82, 2.24) is 0 Å². The zero-order valence-electron chi connectivity index (χ0n) is 8.67. The third-order valence-corrected chi connectivity index (χ3v) is 2.36. The van der Waals surface area contributed by atoms with E-state index in [2.05, 4.69) is 0 Å². The normalized spacial score (nSPS) is 10.0. The molecule has 0 saturated carbocycles. The van der Waals surface area contributed by atoms with Gasteiger partial charge in [0.1, 0.15) is 5.78 Å². The Hall–Kier alpha value is -1.02. The molecule has 2 nitrogen and oxygen atoms in total. The summed E-state index contributed by atoms with van der Waals surface area (Å²) >= 11 is 6.04. The van der Waals surface area contributed by atoms with E-state index in [1.54, 1.807) is 6.92 Å². The monoisotopic (exact) mass is 211 g/mol. The van der Waals surface area contributed by atoms with Gasteiger partial charge < -0.3 is 4.90 Å². The molecule has 1 aromatic carbocycles. The number of Topliss-reactive ketones (excluding diaryl/α,β-unsaturated/α-hetero) is 1. The molecule has 0 aliphatic carbocycles. The summed E-state index contributed by atoms with van der Waals surface area (Å²) in [5.74, 6) is 0.126. The predicted molar refractivity (Wildman–Crippen MR) is 60.2 cm³/mol. The lowest BCUT2D eigenvalue weighted by Gasteiger charge is -2.17. The molecule has 0 radical (unpaired) electrons. The van der Waals surface area contributed by atoms with E-state index >= 15 is 0 Å². The maximum Gasteiger partial charge on any atom is 0.134 e. The standard InChI is InChI=1S/C11H14ClNO/c1-8(14)7-9-10(12)5-4-6-11(9)13(2)3/h4-6H,7H2,1-3H3. The number of carbonyl (C=O) groups excluding carboxylic acids is 1. The molecular formula is C11H14ClNO. The van der Waals surface area contributed by atoms with Crippen LogP contribution in [0.5, 0.6) is 0 Å². The van der Waals surface area contributed by atoms with Crippen LogP contribution in [0.3, 0.4) is 0 Å². The van der Waals surface area contributed by atoms with Gasteiger partial charge in [-0.3, -0.25) is 4.79 Å². The van der Waals surface area contributed by atoms with E-state index in [1.807, 2.05) is 37.2 Å². The minimum absolute atomic E-state index is 0.126. The largest absolute Gasteiger partial charge is 0.377 e. The van der Waals surface area contributed by atoms with Gasteiger partial charge in [0.15, 0.2) is 0 Å². The van der Waals surface area contributed by atoms with Gasteiger partial charge in [-0.1, -0.05) is 17.7 Å². The quantitative estimate of drug-likeness (QED) is 0.766. The Morgan fingerprint density at radius 1 is 1.43 bits per heavy atom. The minimum atomic E-state index is 0.126. The highest BCUT2D eigenvalue weighted by molar-refractivity contribution is 6.32. The molecule has 0 N–H and O–H groups in total. The number of hydrogen-bond acceptors (Lipinski definition) is 2.